The zero-order chi connectivity index (χ0) is 18.8. The van der Waals surface area contributed by atoms with Crippen LogP contribution in [0, 0.1) is 0 Å². The van der Waals surface area contributed by atoms with E-state index in [4.69, 9.17) is 8.37 Å². The smallest absolute Gasteiger partial charge is 0.249 e. The highest BCUT2D eigenvalue weighted by molar-refractivity contribution is 7.96. The van der Waals surface area contributed by atoms with E-state index in [1.807, 2.05) is 0 Å². The van der Waals surface area contributed by atoms with Crippen LogP contribution in [0.25, 0.3) is 0 Å². The van der Waals surface area contributed by atoms with Crippen LogP contribution in [-0.4, -0.2) is 16.8 Å². The van der Waals surface area contributed by atoms with Gasteiger partial charge in [0.05, 0.1) is 0 Å². The van der Waals surface area contributed by atoms with Gasteiger partial charge in [0.1, 0.15) is 21.0 Å². The molecule has 0 bridgehead atoms. The van der Waals surface area contributed by atoms with Crippen LogP contribution in [-0.2, 0) is 39.8 Å². The fourth-order valence-electron chi connectivity index (χ4n) is 3.61. The molecule has 26 heavy (non-hydrogen) atoms. The van der Waals surface area contributed by atoms with Crippen molar-refractivity contribution < 1.29 is 25.2 Å². The molecule has 2 aromatic carbocycles. The molecule has 0 aromatic heterocycles. The first-order chi connectivity index (χ1) is 12.1. The molecule has 2 unspecified atom stereocenters. The number of hydrogen-bond acceptors (Lipinski definition) is 6. The van der Waals surface area contributed by atoms with E-state index >= 15 is 0 Å². The largest absolute Gasteiger partial charge is 0.298 e. The molecule has 2 aliphatic heterocycles. The highest BCUT2D eigenvalue weighted by Crippen LogP contribution is 2.58. The second-order valence-corrected chi connectivity index (χ2v) is 9.50. The maximum absolute atomic E-state index is 12.9. The summed E-state index contributed by atoms with van der Waals surface area (Å²) in [6, 6.07) is 16.7. The lowest BCUT2D eigenvalue weighted by Gasteiger charge is -2.28. The molecule has 6 nitrogen and oxygen atoms in total. The maximum Gasteiger partial charge on any atom is 0.298 e. The third kappa shape index (κ3) is 2.23. The quantitative estimate of drug-likeness (QED) is 0.731. The lowest BCUT2D eigenvalue weighted by atomic mass is 9.89. The van der Waals surface area contributed by atoms with Crippen LogP contribution in [0.4, 0.5) is 0 Å². The van der Waals surface area contributed by atoms with Gasteiger partial charge in [-0.15, -0.1) is 0 Å². The molecule has 0 aliphatic carbocycles. The van der Waals surface area contributed by atoms with Gasteiger partial charge in [0.2, 0.25) is 0 Å². The molecular formula is C18H16O6S2. The van der Waals surface area contributed by atoms with Crippen molar-refractivity contribution in [2.24, 2.45) is 0 Å². The fourth-order valence-corrected chi connectivity index (χ4v) is 7.84. The van der Waals surface area contributed by atoms with Gasteiger partial charge in [-0.3, -0.25) is 0 Å². The molecule has 0 fully saturated rings. The standard InChI is InChI=1S/C18H16O6S2/c1-17(13-9-5-3-6-10-13)15-16(26(21,22)23-17)18(2,24-25(15,19)20)14-11-7-4-8-12-14/h3-12H,1-2H3. The van der Waals surface area contributed by atoms with Crippen molar-refractivity contribution in [3.05, 3.63) is 81.6 Å². The average Bonchev–Trinajstić information content (AvgIpc) is 2.98. The number of rotatable bonds is 2. The summed E-state index contributed by atoms with van der Waals surface area (Å²) in [6.07, 6.45) is 0. The Hall–Kier alpha value is -2.00. The van der Waals surface area contributed by atoms with E-state index in [1.165, 1.54) is 13.8 Å². The summed E-state index contributed by atoms with van der Waals surface area (Å²) in [4.78, 5) is -0.717. The van der Waals surface area contributed by atoms with Crippen molar-refractivity contribution in [1.29, 1.82) is 0 Å². The van der Waals surface area contributed by atoms with Crippen LogP contribution in [0.2, 0.25) is 0 Å². The first-order valence-corrected chi connectivity index (χ1v) is 10.7. The third-order valence-corrected chi connectivity index (χ3v) is 8.20. The Morgan fingerprint density at radius 2 is 0.923 bits per heavy atom. The number of hydrogen-bond donors (Lipinski definition) is 0. The molecule has 8 heteroatoms. The summed E-state index contributed by atoms with van der Waals surface area (Å²) >= 11 is 0. The van der Waals surface area contributed by atoms with Crippen molar-refractivity contribution in [3.8, 4) is 0 Å². The van der Waals surface area contributed by atoms with Crippen LogP contribution in [0.15, 0.2) is 70.5 Å². The minimum Gasteiger partial charge on any atom is -0.249 e. The zero-order valence-electron chi connectivity index (χ0n) is 14.0. The van der Waals surface area contributed by atoms with E-state index in [0.717, 1.165) is 0 Å². The lowest BCUT2D eigenvalue weighted by Crippen LogP contribution is -2.33. The van der Waals surface area contributed by atoms with Gasteiger partial charge < -0.3 is 0 Å². The number of benzene rings is 2. The van der Waals surface area contributed by atoms with Crippen molar-refractivity contribution in [3.63, 3.8) is 0 Å². The van der Waals surface area contributed by atoms with Crippen molar-refractivity contribution in [2.45, 2.75) is 25.0 Å². The maximum atomic E-state index is 12.9. The topological polar surface area (TPSA) is 86.7 Å². The van der Waals surface area contributed by atoms with Crippen LogP contribution in [0.1, 0.15) is 25.0 Å². The molecule has 2 aliphatic rings. The van der Waals surface area contributed by atoms with Crippen LogP contribution in [0.5, 0.6) is 0 Å². The predicted molar refractivity (Wildman–Crippen MR) is 94.6 cm³/mol. The summed E-state index contributed by atoms with van der Waals surface area (Å²) in [5.74, 6) is 0. The molecule has 136 valence electrons. The highest BCUT2D eigenvalue weighted by atomic mass is 32.2. The summed E-state index contributed by atoms with van der Waals surface area (Å²) in [5, 5.41) is 0. The van der Waals surface area contributed by atoms with Gasteiger partial charge in [-0.2, -0.15) is 16.8 Å². The second-order valence-electron chi connectivity index (χ2n) is 6.53. The predicted octanol–water partition coefficient (Wildman–Crippen LogP) is 2.75. The Morgan fingerprint density at radius 3 is 1.23 bits per heavy atom. The first-order valence-electron chi connectivity index (χ1n) is 7.89. The molecule has 2 heterocycles. The van der Waals surface area contributed by atoms with Crippen LogP contribution >= 0.6 is 0 Å². The molecule has 0 spiro atoms. The van der Waals surface area contributed by atoms with E-state index in [0.29, 0.717) is 11.1 Å². The molecular weight excluding hydrogens is 376 g/mol. The highest BCUT2D eigenvalue weighted by Gasteiger charge is 2.65. The Bertz CT molecular complexity index is 1030. The van der Waals surface area contributed by atoms with Gasteiger partial charge in [0.15, 0.2) is 0 Å². The van der Waals surface area contributed by atoms with Gasteiger partial charge in [-0.25, -0.2) is 8.37 Å². The summed E-state index contributed by atoms with van der Waals surface area (Å²) in [6.45, 7) is 2.86. The summed E-state index contributed by atoms with van der Waals surface area (Å²) in [7, 11) is -8.66. The van der Waals surface area contributed by atoms with E-state index in [-0.39, 0.29) is 9.81 Å². The molecule has 0 radical (unpaired) electrons. The third-order valence-electron chi connectivity index (χ3n) is 4.77. The van der Waals surface area contributed by atoms with Crippen molar-refractivity contribution >= 4 is 20.2 Å². The normalized spacial score (nSPS) is 31.8. The molecule has 0 saturated heterocycles. The van der Waals surface area contributed by atoms with Gasteiger partial charge in [0, 0.05) is 0 Å². The van der Waals surface area contributed by atoms with Gasteiger partial charge in [-0.05, 0) is 25.0 Å². The lowest BCUT2D eigenvalue weighted by molar-refractivity contribution is 0.136. The Morgan fingerprint density at radius 1 is 0.615 bits per heavy atom. The average molecular weight is 392 g/mol. The zero-order valence-corrected chi connectivity index (χ0v) is 15.7. The Labute approximate surface area is 152 Å². The first kappa shape index (κ1) is 17.4. The Balaban J connectivity index is 2.07. The van der Waals surface area contributed by atoms with Gasteiger partial charge >= 0.3 is 0 Å². The monoisotopic (exact) mass is 392 g/mol. The molecule has 2 atom stereocenters. The molecule has 2 aromatic rings. The van der Waals surface area contributed by atoms with E-state index < -0.39 is 31.4 Å². The summed E-state index contributed by atoms with van der Waals surface area (Å²) < 4.78 is 62.3. The van der Waals surface area contributed by atoms with E-state index in [9.17, 15) is 16.8 Å². The molecule has 0 amide bonds. The van der Waals surface area contributed by atoms with Crippen molar-refractivity contribution in [2.75, 3.05) is 0 Å². The summed E-state index contributed by atoms with van der Waals surface area (Å²) in [5.41, 5.74) is -2.53. The minimum atomic E-state index is -4.33. The van der Waals surface area contributed by atoms with Crippen molar-refractivity contribution in [1.82, 2.24) is 0 Å². The molecule has 0 saturated carbocycles. The molecule has 0 N–H and O–H groups in total. The van der Waals surface area contributed by atoms with Crippen LogP contribution < -0.4 is 0 Å². The van der Waals surface area contributed by atoms with E-state index in [1.54, 1.807) is 60.7 Å². The minimum absolute atomic E-state index is 0.359. The molecule has 4 rings (SSSR count). The Kier molecular flexibility index (Phi) is 3.52. The van der Waals surface area contributed by atoms with E-state index in [2.05, 4.69) is 0 Å². The SMILES string of the molecule is CC1(c2ccccc2)OS(=O)(=O)C2=C1S(=O)(=O)OC2(C)c1ccccc1. The van der Waals surface area contributed by atoms with Gasteiger partial charge in [-0.1, -0.05) is 60.7 Å². The second kappa shape index (κ2) is 5.26. The van der Waals surface area contributed by atoms with Gasteiger partial charge in [0.25, 0.3) is 20.2 Å². The van der Waals surface area contributed by atoms with Crippen LogP contribution in [0.3, 0.4) is 0 Å². The fraction of sp³-hybridized carbons (Fsp3) is 0.222.